The average molecular weight is 512 g/mol. The second-order valence-corrected chi connectivity index (χ2v) is 9.22. The van der Waals surface area contributed by atoms with Gasteiger partial charge in [-0.05, 0) is 67.3 Å². The molecule has 0 saturated carbocycles. The Hall–Kier alpha value is -4.73. The van der Waals surface area contributed by atoms with E-state index >= 15 is 0 Å². The molecule has 4 aromatic rings. The lowest BCUT2D eigenvalue weighted by molar-refractivity contribution is 0.0944. The molecule has 194 valence electrons. The monoisotopic (exact) mass is 511 g/mol. The summed E-state index contributed by atoms with van der Waals surface area (Å²) in [5.41, 5.74) is 7.86. The van der Waals surface area contributed by atoms with Crippen LogP contribution in [0, 0.1) is 5.92 Å². The van der Waals surface area contributed by atoms with Gasteiger partial charge in [-0.3, -0.25) is 14.6 Å². The molecule has 1 unspecified atom stereocenters. The van der Waals surface area contributed by atoms with E-state index in [1.807, 2.05) is 30.3 Å². The summed E-state index contributed by atoms with van der Waals surface area (Å²) in [5.74, 6) is 1.12. The number of aromatic nitrogens is 3. The van der Waals surface area contributed by atoms with Crippen LogP contribution in [0.3, 0.4) is 0 Å². The van der Waals surface area contributed by atoms with Gasteiger partial charge in [-0.1, -0.05) is 6.07 Å². The van der Waals surface area contributed by atoms with E-state index in [9.17, 15) is 9.59 Å². The number of methoxy groups -OCH3 is 1. The third-order valence-corrected chi connectivity index (χ3v) is 6.61. The molecule has 0 spiro atoms. The van der Waals surface area contributed by atoms with Gasteiger partial charge in [0, 0.05) is 42.5 Å². The SMILES string of the molecule is COc1ccc(C(=O)NCC2CCCN(c3cnc(C(N)=O)c(Nc4ccc5ncccc5c4)n3)C2)cc1. The molecule has 3 heterocycles. The number of rotatable bonds is 8. The summed E-state index contributed by atoms with van der Waals surface area (Å²) in [4.78, 5) is 40.2. The lowest BCUT2D eigenvalue weighted by Crippen LogP contribution is -2.41. The fourth-order valence-corrected chi connectivity index (χ4v) is 4.61. The zero-order valence-electron chi connectivity index (χ0n) is 21.1. The molecular formula is C28H29N7O3. The number of anilines is 3. The number of carbonyl (C=O) groups excluding carboxylic acids is 2. The fraction of sp³-hybridized carbons (Fsp3) is 0.250. The van der Waals surface area contributed by atoms with Gasteiger partial charge in [0.15, 0.2) is 11.5 Å². The van der Waals surface area contributed by atoms with Gasteiger partial charge in [0.25, 0.3) is 11.8 Å². The Bertz CT molecular complexity index is 1460. The molecule has 10 nitrogen and oxygen atoms in total. The van der Waals surface area contributed by atoms with Gasteiger partial charge in [0.1, 0.15) is 11.6 Å². The molecule has 4 N–H and O–H groups in total. The van der Waals surface area contributed by atoms with E-state index in [2.05, 4.69) is 25.5 Å². The first-order valence-corrected chi connectivity index (χ1v) is 12.5. The minimum absolute atomic E-state index is 0.0698. The van der Waals surface area contributed by atoms with Crippen LogP contribution in [-0.4, -0.2) is 53.5 Å². The highest BCUT2D eigenvalue weighted by molar-refractivity contribution is 5.97. The second-order valence-electron chi connectivity index (χ2n) is 9.22. The lowest BCUT2D eigenvalue weighted by Gasteiger charge is -2.33. The Balaban J connectivity index is 1.28. The molecular weight excluding hydrogens is 482 g/mol. The molecule has 5 rings (SSSR count). The number of amides is 2. The molecule has 2 amide bonds. The number of hydrogen-bond acceptors (Lipinski definition) is 8. The Morgan fingerprint density at radius 2 is 1.97 bits per heavy atom. The van der Waals surface area contributed by atoms with Crippen molar-refractivity contribution in [3.05, 3.63) is 78.2 Å². The highest BCUT2D eigenvalue weighted by atomic mass is 16.5. The van der Waals surface area contributed by atoms with Crippen molar-refractivity contribution < 1.29 is 14.3 Å². The molecule has 1 aliphatic rings. The summed E-state index contributed by atoms with van der Waals surface area (Å²) in [6.45, 7) is 2.05. The maximum atomic E-state index is 12.6. The number of carbonyl (C=O) groups is 2. The van der Waals surface area contributed by atoms with Gasteiger partial charge in [0.05, 0.1) is 18.8 Å². The van der Waals surface area contributed by atoms with Crippen LogP contribution in [0.25, 0.3) is 10.9 Å². The van der Waals surface area contributed by atoms with Crippen LogP contribution < -0.4 is 26.0 Å². The Morgan fingerprint density at radius 3 is 2.76 bits per heavy atom. The number of pyridine rings is 1. The zero-order valence-corrected chi connectivity index (χ0v) is 21.1. The van der Waals surface area contributed by atoms with Crippen LogP contribution in [0.15, 0.2) is 67.0 Å². The largest absolute Gasteiger partial charge is 0.497 e. The molecule has 2 aromatic heterocycles. The van der Waals surface area contributed by atoms with Gasteiger partial charge in [-0.2, -0.15) is 0 Å². The molecule has 1 atom stereocenters. The van der Waals surface area contributed by atoms with Crippen molar-refractivity contribution in [1.29, 1.82) is 0 Å². The van der Waals surface area contributed by atoms with Crippen molar-refractivity contribution in [2.75, 3.05) is 37.0 Å². The highest BCUT2D eigenvalue weighted by Gasteiger charge is 2.23. The van der Waals surface area contributed by atoms with Crippen LogP contribution in [0.1, 0.15) is 33.7 Å². The molecule has 1 fully saturated rings. The number of piperidine rings is 1. The number of nitrogens with zero attached hydrogens (tertiary/aromatic N) is 4. The quantitative estimate of drug-likeness (QED) is 0.327. The minimum atomic E-state index is -0.660. The first-order valence-electron chi connectivity index (χ1n) is 12.5. The summed E-state index contributed by atoms with van der Waals surface area (Å²) in [7, 11) is 1.59. The summed E-state index contributed by atoms with van der Waals surface area (Å²) in [5, 5.41) is 7.20. The number of fused-ring (bicyclic) bond motifs is 1. The van der Waals surface area contributed by atoms with Gasteiger partial charge in [-0.25, -0.2) is 9.97 Å². The van der Waals surface area contributed by atoms with Crippen LogP contribution in [-0.2, 0) is 0 Å². The molecule has 1 saturated heterocycles. The van der Waals surface area contributed by atoms with Crippen molar-refractivity contribution in [1.82, 2.24) is 20.3 Å². The maximum absolute atomic E-state index is 12.6. The zero-order chi connectivity index (χ0) is 26.5. The van der Waals surface area contributed by atoms with E-state index in [0.29, 0.717) is 36.0 Å². The number of benzene rings is 2. The lowest BCUT2D eigenvalue weighted by atomic mass is 9.98. The molecule has 10 heteroatoms. The van der Waals surface area contributed by atoms with E-state index in [1.54, 1.807) is 43.8 Å². The van der Waals surface area contributed by atoms with Gasteiger partial charge in [0.2, 0.25) is 0 Å². The van der Waals surface area contributed by atoms with Gasteiger partial charge < -0.3 is 26.0 Å². The highest BCUT2D eigenvalue weighted by Crippen LogP contribution is 2.26. The number of hydrogen-bond donors (Lipinski definition) is 3. The van der Waals surface area contributed by atoms with Gasteiger partial charge in [-0.15, -0.1) is 0 Å². The van der Waals surface area contributed by atoms with E-state index in [0.717, 1.165) is 36.0 Å². The van der Waals surface area contributed by atoms with Crippen molar-refractivity contribution in [3.8, 4) is 5.75 Å². The normalized spacial score (nSPS) is 15.2. The standard InChI is InChI=1S/C28H29N7O3/c1-38-22-9-6-19(7-10-22)28(37)32-15-18-4-3-13-35(17-18)24-16-31-25(26(29)36)27(34-24)33-21-8-11-23-20(14-21)5-2-12-30-23/h2,5-12,14,16,18H,3-4,13,15,17H2,1H3,(H2,29,36)(H,32,37)(H,33,34). The van der Waals surface area contributed by atoms with Crippen molar-refractivity contribution in [3.63, 3.8) is 0 Å². The second kappa shape index (κ2) is 11.1. The van der Waals surface area contributed by atoms with Crippen LogP contribution in [0.5, 0.6) is 5.75 Å². The summed E-state index contributed by atoms with van der Waals surface area (Å²) in [6.07, 6.45) is 5.26. The number of nitrogens with one attached hydrogen (secondary N) is 2. The molecule has 38 heavy (non-hydrogen) atoms. The molecule has 0 aliphatic carbocycles. The van der Waals surface area contributed by atoms with Crippen molar-refractivity contribution in [2.45, 2.75) is 12.8 Å². The van der Waals surface area contributed by atoms with Crippen molar-refractivity contribution >= 4 is 40.0 Å². The number of ether oxygens (including phenoxy) is 1. The number of primary amides is 1. The third kappa shape index (κ3) is 5.64. The summed E-state index contributed by atoms with van der Waals surface area (Å²) in [6, 6.07) is 16.6. The number of nitrogens with two attached hydrogens (primary N) is 1. The first kappa shape index (κ1) is 24.9. The van der Waals surface area contributed by atoms with Crippen molar-refractivity contribution in [2.24, 2.45) is 11.7 Å². The molecule has 0 bridgehead atoms. The fourth-order valence-electron chi connectivity index (χ4n) is 4.61. The average Bonchev–Trinajstić information content (AvgIpc) is 2.96. The van der Waals surface area contributed by atoms with Crippen LogP contribution in [0.4, 0.5) is 17.3 Å². The molecule has 2 aromatic carbocycles. The van der Waals surface area contributed by atoms with E-state index in [-0.39, 0.29) is 17.5 Å². The predicted octanol–water partition coefficient (Wildman–Crippen LogP) is 3.52. The first-order chi connectivity index (χ1) is 18.5. The molecule has 1 aliphatic heterocycles. The Labute approximate surface area is 220 Å². The summed E-state index contributed by atoms with van der Waals surface area (Å²) >= 11 is 0. The van der Waals surface area contributed by atoms with E-state index < -0.39 is 5.91 Å². The smallest absolute Gasteiger partial charge is 0.271 e. The topological polar surface area (TPSA) is 135 Å². The van der Waals surface area contributed by atoms with Crippen LogP contribution >= 0.6 is 0 Å². The predicted molar refractivity (Wildman–Crippen MR) is 146 cm³/mol. The maximum Gasteiger partial charge on any atom is 0.271 e. The minimum Gasteiger partial charge on any atom is -0.497 e. The third-order valence-electron chi connectivity index (χ3n) is 6.61. The van der Waals surface area contributed by atoms with Crippen LogP contribution in [0.2, 0.25) is 0 Å². The molecule has 0 radical (unpaired) electrons. The van der Waals surface area contributed by atoms with Gasteiger partial charge >= 0.3 is 0 Å². The summed E-state index contributed by atoms with van der Waals surface area (Å²) < 4.78 is 5.16. The Morgan fingerprint density at radius 1 is 1.13 bits per heavy atom. The van der Waals surface area contributed by atoms with E-state index in [4.69, 9.17) is 15.5 Å². The Kier molecular flexibility index (Phi) is 7.30. The van der Waals surface area contributed by atoms with E-state index in [1.165, 1.54) is 0 Å².